The third-order valence-electron chi connectivity index (χ3n) is 3.52. The van der Waals surface area contributed by atoms with Crippen LogP contribution in [-0.2, 0) is 4.74 Å². The number of rotatable bonds is 3. The number of amides is 1. The predicted octanol–water partition coefficient (Wildman–Crippen LogP) is 1.71. The van der Waals surface area contributed by atoms with Gasteiger partial charge in [-0.15, -0.1) is 0 Å². The van der Waals surface area contributed by atoms with Crippen LogP contribution in [-0.4, -0.2) is 31.5 Å². The molecule has 2 aliphatic rings. The van der Waals surface area contributed by atoms with Gasteiger partial charge >= 0.3 is 0 Å². The molecule has 0 unspecified atom stereocenters. The fourth-order valence-corrected chi connectivity index (χ4v) is 2.42. The number of ether oxygens (including phenoxy) is 3. The Bertz CT molecular complexity index is 482. The lowest BCUT2D eigenvalue weighted by atomic mass is 10.1. The molecule has 1 amide bonds. The average molecular weight is 263 g/mol. The number of fused-ring (bicyclic) bond motifs is 1. The van der Waals surface area contributed by atoms with Crippen molar-refractivity contribution in [1.29, 1.82) is 0 Å². The van der Waals surface area contributed by atoms with Crippen LogP contribution in [0.1, 0.15) is 30.1 Å². The Morgan fingerprint density at radius 1 is 1.37 bits per heavy atom. The number of carbonyl (C=O) groups excluding carboxylic acids is 1. The van der Waals surface area contributed by atoms with Gasteiger partial charge in [0.15, 0.2) is 11.5 Å². The van der Waals surface area contributed by atoms with Gasteiger partial charge in [-0.1, -0.05) is 0 Å². The zero-order valence-electron chi connectivity index (χ0n) is 10.8. The quantitative estimate of drug-likeness (QED) is 0.902. The van der Waals surface area contributed by atoms with Crippen molar-refractivity contribution in [2.45, 2.75) is 31.9 Å². The molecule has 1 aromatic rings. The fourth-order valence-electron chi connectivity index (χ4n) is 2.42. The lowest BCUT2D eigenvalue weighted by Gasteiger charge is -2.20. The van der Waals surface area contributed by atoms with Gasteiger partial charge in [0.05, 0.1) is 12.1 Å². The zero-order chi connectivity index (χ0) is 13.2. The lowest BCUT2D eigenvalue weighted by Crippen LogP contribution is -2.40. The van der Waals surface area contributed by atoms with E-state index >= 15 is 0 Å². The van der Waals surface area contributed by atoms with Gasteiger partial charge in [-0.25, -0.2) is 0 Å². The van der Waals surface area contributed by atoms with Gasteiger partial charge in [0.1, 0.15) is 0 Å². The minimum absolute atomic E-state index is 0.0143. The molecule has 2 heterocycles. The summed E-state index contributed by atoms with van der Waals surface area (Å²) in [6.45, 7) is 2.97. The fraction of sp³-hybridized carbons (Fsp3) is 0.500. The summed E-state index contributed by atoms with van der Waals surface area (Å²) in [5, 5.41) is 2.97. The summed E-state index contributed by atoms with van der Waals surface area (Å²) in [5.41, 5.74) is 0.578. The Morgan fingerprint density at radius 2 is 2.21 bits per heavy atom. The summed E-state index contributed by atoms with van der Waals surface area (Å²) in [7, 11) is 0. The monoisotopic (exact) mass is 263 g/mol. The first-order chi connectivity index (χ1) is 9.24. The van der Waals surface area contributed by atoms with E-state index in [2.05, 4.69) is 5.32 Å². The first-order valence-corrected chi connectivity index (χ1v) is 6.56. The summed E-state index contributed by atoms with van der Waals surface area (Å²) in [6.07, 6.45) is 2.19. The van der Waals surface area contributed by atoms with Crippen LogP contribution in [0.5, 0.6) is 11.5 Å². The van der Waals surface area contributed by atoms with Crippen LogP contribution in [0.4, 0.5) is 0 Å². The van der Waals surface area contributed by atoms with Crippen LogP contribution in [0.15, 0.2) is 18.2 Å². The van der Waals surface area contributed by atoms with Crippen molar-refractivity contribution in [3.8, 4) is 11.5 Å². The summed E-state index contributed by atoms with van der Waals surface area (Å²) >= 11 is 0. The molecule has 1 saturated heterocycles. The predicted molar refractivity (Wildman–Crippen MR) is 68.5 cm³/mol. The molecule has 0 spiro atoms. The van der Waals surface area contributed by atoms with Gasteiger partial charge in [-0.05, 0) is 38.0 Å². The van der Waals surface area contributed by atoms with E-state index in [1.165, 1.54) is 0 Å². The Balaban J connectivity index is 1.66. The second kappa shape index (κ2) is 5.09. The van der Waals surface area contributed by atoms with Crippen molar-refractivity contribution in [3.63, 3.8) is 0 Å². The smallest absolute Gasteiger partial charge is 0.251 e. The van der Waals surface area contributed by atoms with E-state index in [9.17, 15) is 4.79 Å². The van der Waals surface area contributed by atoms with E-state index in [1.807, 2.05) is 6.92 Å². The average Bonchev–Trinajstić information content (AvgIpc) is 3.09. The maximum Gasteiger partial charge on any atom is 0.251 e. The number of benzene rings is 1. The first-order valence-electron chi connectivity index (χ1n) is 6.56. The van der Waals surface area contributed by atoms with E-state index < -0.39 is 0 Å². The maximum atomic E-state index is 12.1. The molecule has 0 radical (unpaired) electrons. The molecule has 5 nitrogen and oxygen atoms in total. The van der Waals surface area contributed by atoms with E-state index in [1.54, 1.807) is 18.2 Å². The number of carbonyl (C=O) groups is 1. The maximum absolute atomic E-state index is 12.1. The van der Waals surface area contributed by atoms with Gasteiger partial charge in [-0.3, -0.25) is 4.79 Å². The molecule has 0 aliphatic carbocycles. The molecule has 2 aliphatic heterocycles. The molecule has 1 aromatic carbocycles. The molecule has 1 fully saturated rings. The topological polar surface area (TPSA) is 56.8 Å². The van der Waals surface area contributed by atoms with Crippen molar-refractivity contribution in [3.05, 3.63) is 23.8 Å². The molecule has 3 rings (SSSR count). The Kier molecular flexibility index (Phi) is 3.29. The number of hydrogen-bond donors (Lipinski definition) is 1. The highest BCUT2D eigenvalue weighted by atomic mass is 16.7. The third kappa shape index (κ3) is 2.51. The van der Waals surface area contributed by atoms with Crippen LogP contribution in [0.3, 0.4) is 0 Å². The second-order valence-corrected chi connectivity index (χ2v) is 4.88. The molecule has 102 valence electrons. The summed E-state index contributed by atoms with van der Waals surface area (Å²) < 4.78 is 16.1. The zero-order valence-corrected chi connectivity index (χ0v) is 10.8. The number of hydrogen-bond acceptors (Lipinski definition) is 4. The van der Waals surface area contributed by atoms with E-state index in [4.69, 9.17) is 14.2 Å². The SMILES string of the molecule is C[C@@H](NC(=O)c1ccc2c(c1)OCO2)[C@H]1CCCO1. The van der Waals surface area contributed by atoms with Gasteiger partial charge in [0.2, 0.25) is 6.79 Å². The largest absolute Gasteiger partial charge is 0.454 e. The minimum Gasteiger partial charge on any atom is -0.454 e. The van der Waals surface area contributed by atoms with E-state index in [0.29, 0.717) is 17.1 Å². The van der Waals surface area contributed by atoms with Gasteiger partial charge in [0.25, 0.3) is 5.91 Å². The number of nitrogens with one attached hydrogen (secondary N) is 1. The molecule has 2 atom stereocenters. The van der Waals surface area contributed by atoms with Gasteiger partial charge in [0, 0.05) is 12.2 Å². The van der Waals surface area contributed by atoms with Crippen molar-refractivity contribution in [2.75, 3.05) is 13.4 Å². The minimum atomic E-state index is -0.110. The van der Waals surface area contributed by atoms with Gasteiger partial charge < -0.3 is 19.5 Å². The summed E-state index contributed by atoms with van der Waals surface area (Å²) in [6, 6.07) is 5.22. The van der Waals surface area contributed by atoms with Crippen molar-refractivity contribution < 1.29 is 19.0 Å². The normalized spacial score (nSPS) is 22.3. The summed E-state index contributed by atoms with van der Waals surface area (Å²) in [5.74, 6) is 1.20. The molecule has 0 aromatic heterocycles. The Morgan fingerprint density at radius 3 is 3.00 bits per heavy atom. The van der Waals surface area contributed by atoms with Crippen molar-refractivity contribution >= 4 is 5.91 Å². The third-order valence-corrected chi connectivity index (χ3v) is 3.52. The van der Waals surface area contributed by atoms with Crippen molar-refractivity contribution in [2.24, 2.45) is 0 Å². The highest BCUT2D eigenvalue weighted by molar-refractivity contribution is 5.95. The van der Waals surface area contributed by atoms with Crippen LogP contribution in [0.2, 0.25) is 0 Å². The van der Waals surface area contributed by atoms with E-state index in [-0.39, 0.29) is 24.8 Å². The Labute approximate surface area is 111 Å². The lowest BCUT2D eigenvalue weighted by molar-refractivity contribution is 0.0712. The van der Waals surface area contributed by atoms with Crippen LogP contribution in [0.25, 0.3) is 0 Å². The Hall–Kier alpha value is -1.75. The molecule has 0 saturated carbocycles. The molecule has 1 N–H and O–H groups in total. The highest BCUT2D eigenvalue weighted by Crippen LogP contribution is 2.32. The molecular formula is C14H17NO4. The standard InChI is InChI=1S/C14H17NO4/c1-9(11-3-2-6-17-11)15-14(16)10-4-5-12-13(7-10)19-8-18-12/h4-5,7,9,11H,2-3,6,8H2,1H3,(H,15,16)/t9-,11-/m1/s1. The molecule has 0 bridgehead atoms. The van der Waals surface area contributed by atoms with Crippen LogP contribution < -0.4 is 14.8 Å². The molecule has 5 heteroatoms. The molecule has 19 heavy (non-hydrogen) atoms. The van der Waals surface area contributed by atoms with Crippen LogP contribution in [0, 0.1) is 0 Å². The highest BCUT2D eigenvalue weighted by Gasteiger charge is 2.24. The first kappa shape index (κ1) is 12.3. The van der Waals surface area contributed by atoms with Crippen LogP contribution >= 0.6 is 0 Å². The summed E-state index contributed by atoms with van der Waals surface area (Å²) in [4.78, 5) is 12.1. The van der Waals surface area contributed by atoms with Gasteiger partial charge in [-0.2, -0.15) is 0 Å². The second-order valence-electron chi connectivity index (χ2n) is 4.88. The van der Waals surface area contributed by atoms with E-state index in [0.717, 1.165) is 19.4 Å². The molecular weight excluding hydrogens is 246 g/mol. The van der Waals surface area contributed by atoms with Crippen molar-refractivity contribution in [1.82, 2.24) is 5.32 Å².